The smallest absolute Gasteiger partial charge is 0.119 e. The highest BCUT2D eigenvalue weighted by molar-refractivity contribution is 5.28. The molecule has 21 heavy (non-hydrogen) atoms. The molecule has 0 aliphatic carbocycles. The molecule has 1 N–H and O–H groups in total. The highest BCUT2D eigenvalue weighted by Crippen LogP contribution is 2.13. The minimum Gasteiger partial charge on any atom is -0.494 e. The van der Waals surface area contributed by atoms with Gasteiger partial charge in [-0.15, -0.1) is 0 Å². The first-order valence-electron chi connectivity index (χ1n) is 7.81. The summed E-state index contributed by atoms with van der Waals surface area (Å²) < 4.78 is 7.85. The van der Waals surface area contributed by atoms with Crippen LogP contribution >= 0.6 is 0 Å². The molecule has 0 atom stereocenters. The fraction of sp³-hybridized carbons (Fsp3) is 0.444. The lowest BCUT2D eigenvalue weighted by molar-refractivity contribution is 0.306. The van der Waals surface area contributed by atoms with Crippen molar-refractivity contribution in [2.24, 2.45) is 0 Å². The predicted molar refractivity (Wildman–Crippen MR) is 88.4 cm³/mol. The average Bonchev–Trinajstić information content (AvgIpc) is 2.82. The summed E-state index contributed by atoms with van der Waals surface area (Å²) in [5.74, 6) is 0.961. The van der Waals surface area contributed by atoms with E-state index in [9.17, 15) is 0 Å². The summed E-state index contributed by atoms with van der Waals surface area (Å²) in [6, 6.07) is 12.6. The van der Waals surface area contributed by atoms with Crippen LogP contribution in [0.25, 0.3) is 0 Å². The summed E-state index contributed by atoms with van der Waals surface area (Å²) in [5, 5.41) is 0. The molecule has 3 heteroatoms. The zero-order chi connectivity index (χ0) is 15.1. The summed E-state index contributed by atoms with van der Waals surface area (Å²) in [5.41, 5.74) is 7.14. The van der Waals surface area contributed by atoms with E-state index >= 15 is 0 Å². The van der Waals surface area contributed by atoms with Crippen LogP contribution in [-0.2, 0) is 6.54 Å². The van der Waals surface area contributed by atoms with Crippen molar-refractivity contribution in [2.75, 3.05) is 12.0 Å². The second-order valence-corrected chi connectivity index (χ2v) is 5.49. The molecule has 0 aliphatic rings. The molecule has 0 fully saturated rings. The van der Waals surface area contributed by atoms with Gasteiger partial charge in [-0.25, -0.2) is 0 Å². The van der Waals surface area contributed by atoms with Crippen LogP contribution in [0.4, 0.5) is 0 Å². The number of nitrogens with one attached hydrogen (secondary N) is 1. The van der Waals surface area contributed by atoms with Gasteiger partial charge in [-0.05, 0) is 50.1 Å². The Balaban J connectivity index is 1.82. The first-order valence-corrected chi connectivity index (χ1v) is 7.81. The summed E-state index contributed by atoms with van der Waals surface area (Å²) in [7, 11) is 0. The maximum atomic E-state index is 5.73. The Kier molecular flexibility index (Phi) is 5.73. The number of aromatic nitrogens is 1. The zero-order valence-electron chi connectivity index (χ0n) is 13.4. The van der Waals surface area contributed by atoms with Crippen LogP contribution in [0.1, 0.15) is 43.1 Å². The molecule has 3 nitrogen and oxygen atoms in total. The van der Waals surface area contributed by atoms with Crippen molar-refractivity contribution in [1.82, 2.24) is 4.68 Å². The number of hydrogen-bond acceptors (Lipinski definition) is 2. The van der Waals surface area contributed by atoms with Gasteiger partial charge < -0.3 is 10.2 Å². The molecular formula is C18H26N2O. The quantitative estimate of drug-likeness (QED) is 0.727. The molecule has 0 saturated heterocycles. The van der Waals surface area contributed by atoms with Crippen LogP contribution in [0.3, 0.4) is 0 Å². The van der Waals surface area contributed by atoms with Gasteiger partial charge in [-0.3, -0.25) is 4.68 Å². The number of unbranched alkanes of at least 4 members (excludes halogenated alkanes) is 2. The molecule has 0 unspecified atom stereocenters. The topological polar surface area (TPSA) is 26.2 Å². The molecule has 0 aliphatic heterocycles. The Morgan fingerprint density at radius 3 is 2.24 bits per heavy atom. The molecule has 1 aromatic heterocycles. The van der Waals surface area contributed by atoms with Gasteiger partial charge >= 0.3 is 0 Å². The third-order valence-corrected chi connectivity index (χ3v) is 3.65. The minimum absolute atomic E-state index is 0.812. The molecule has 2 aromatic rings. The first kappa shape index (κ1) is 15.5. The van der Waals surface area contributed by atoms with Gasteiger partial charge in [0.25, 0.3) is 0 Å². The van der Waals surface area contributed by atoms with Crippen molar-refractivity contribution in [3.8, 4) is 5.75 Å². The van der Waals surface area contributed by atoms with Crippen LogP contribution in [0, 0.1) is 13.8 Å². The van der Waals surface area contributed by atoms with Crippen LogP contribution in [-0.4, -0.2) is 11.3 Å². The average molecular weight is 286 g/mol. The second-order valence-electron chi connectivity index (χ2n) is 5.49. The molecule has 114 valence electrons. The monoisotopic (exact) mass is 286 g/mol. The standard InChI is InChI=1S/C18H26N2O/c1-4-5-6-13-21-18-11-9-17(10-12-18)14-19-20-15(2)7-8-16(20)3/h7-12,19H,4-6,13-14H2,1-3H3. The first-order chi connectivity index (χ1) is 10.2. The molecule has 2 rings (SSSR count). The molecule has 1 heterocycles. The van der Waals surface area contributed by atoms with E-state index in [1.165, 1.54) is 29.8 Å². The largest absolute Gasteiger partial charge is 0.494 e. The van der Waals surface area contributed by atoms with E-state index in [-0.39, 0.29) is 0 Å². The van der Waals surface area contributed by atoms with Crippen molar-refractivity contribution in [3.63, 3.8) is 0 Å². The highest BCUT2D eigenvalue weighted by Gasteiger charge is 2.00. The van der Waals surface area contributed by atoms with Gasteiger partial charge in [0.05, 0.1) is 13.2 Å². The van der Waals surface area contributed by atoms with Gasteiger partial charge in [-0.2, -0.15) is 0 Å². The lowest BCUT2D eigenvalue weighted by atomic mass is 10.2. The minimum atomic E-state index is 0.812. The van der Waals surface area contributed by atoms with E-state index in [2.05, 4.69) is 67.3 Å². The molecule has 0 spiro atoms. The van der Waals surface area contributed by atoms with Crippen LogP contribution in [0.15, 0.2) is 36.4 Å². The summed E-state index contributed by atoms with van der Waals surface area (Å²) in [6.45, 7) is 8.04. The van der Waals surface area contributed by atoms with Crippen molar-refractivity contribution in [2.45, 2.75) is 46.6 Å². The Labute approximate surface area is 127 Å². The Bertz CT molecular complexity index is 523. The van der Waals surface area contributed by atoms with Crippen LogP contribution in [0.2, 0.25) is 0 Å². The third kappa shape index (κ3) is 4.55. The normalized spacial score (nSPS) is 10.6. The van der Waals surface area contributed by atoms with E-state index in [1.54, 1.807) is 0 Å². The SMILES string of the molecule is CCCCCOc1ccc(CNn2c(C)ccc2C)cc1. The Hall–Kier alpha value is -1.90. The maximum Gasteiger partial charge on any atom is 0.119 e. The lowest BCUT2D eigenvalue weighted by Gasteiger charge is -2.13. The third-order valence-electron chi connectivity index (χ3n) is 3.65. The molecule has 0 amide bonds. The van der Waals surface area contributed by atoms with Crippen LogP contribution < -0.4 is 10.2 Å². The van der Waals surface area contributed by atoms with Gasteiger partial charge in [0, 0.05) is 11.4 Å². The van der Waals surface area contributed by atoms with Gasteiger partial charge in [-0.1, -0.05) is 31.9 Å². The maximum absolute atomic E-state index is 5.73. The molecule has 0 bridgehead atoms. The van der Waals surface area contributed by atoms with Gasteiger partial charge in [0.2, 0.25) is 0 Å². The number of nitrogens with zero attached hydrogens (tertiary/aromatic N) is 1. The number of benzene rings is 1. The fourth-order valence-corrected chi connectivity index (χ4v) is 2.33. The molecular weight excluding hydrogens is 260 g/mol. The number of ether oxygens (including phenoxy) is 1. The number of aryl methyl sites for hydroxylation is 2. The van der Waals surface area contributed by atoms with Gasteiger partial charge in [0.15, 0.2) is 0 Å². The lowest BCUT2D eigenvalue weighted by Crippen LogP contribution is -2.16. The predicted octanol–water partition coefficient (Wildman–Crippen LogP) is 4.42. The van der Waals surface area contributed by atoms with Crippen molar-refractivity contribution in [1.29, 1.82) is 0 Å². The highest BCUT2D eigenvalue weighted by atomic mass is 16.5. The number of hydrogen-bond donors (Lipinski definition) is 1. The second kappa shape index (κ2) is 7.77. The van der Waals surface area contributed by atoms with E-state index in [0.717, 1.165) is 25.3 Å². The summed E-state index contributed by atoms with van der Waals surface area (Å²) in [6.07, 6.45) is 3.59. The van der Waals surface area contributed by atoms with E-state index in [0.29, 0.717) is 0 Å². The van der Waals surface area contributed by atoms with Crippen molar-refractivity contribution in [3.05, 3.63) is 53.3 Å². The number of rotatable bonds is 8. The Morgan fingerprint density at radius 2 is 1.62 bits per heavy atom. The Morgan fingerprint density at radius 1 is 0.952 bits per heavy atom. The van der Waals surface area contributed by atoms with E-state index in [1.807, 2.05) is 0 Å². The molecule has 1 aromatic carbocycles. The zero-order valence-corrected chi connectivity index (χ0v) is 13.4. The van der Waals surface area contributed by atoms with E-state index in [4.69, 9.17) is 4.74 Å². The molecule has 0 saturated carbocycles. The van der Waals surface area contributed by atoms with Crippen molar-refractivity contribution >= 4 is 0 Å². The summed E-state index contributed by atoms with van der Waals surface area (Å²) >= 11 is 0. The summed E-state index contributed by atoms with van der Waals surface area (Å²) in [4.78, 5) is 0. The van der Waals surface area contributed by atoms with Crippen molar-refractivity contribution < 1.29 is 4.74 Å². The van der Waals surface area contributed by atoms with E-state index < -0.39 is 0 Å². The van der Waals surface area contributed by atoms with Gasteiger partial charge in [0.1, 0.15) is 5.75 Å². The fourth-order valence-electron chi connectivity index (χ4n) is 2.33. The molecule has 0 radical (unpaired) electrons. The van der Waals surface area contributed by atoms with Crippen LogP contribution in [0.5, 0.6) is 5.75 Å².